The topological polar surface area (TPSA) is 67.0 Å². The van der Waals surface area contributed by atoms with E-state index in [1.807, 2.05) is 5.01 Å². The lowest BCUT2D eigenvalue weighted by atomic mass is 10.0. The van der Waals surface area contributed by atoms with Crippen LogP contribution in [0.3, 0.4) is 0 Å². The highest BCUT2D eigenvalue weighted by atomic mass is 19.4. The predicted octanol–water partition coefficient (Wildman–Crippen LogP) is 3.47. The number of halogens is 3. The summed E-state index contributed by atoms with van der Waals surface area (Å²) in [5.74, 6) is 1.52. The molecule has 2 saturated carbocycles. The molecule has 1 unspecified atom stereocenters. The molecule has 172 valence electrons. The van der Waals surface area contributed by atoms with E-state index < -0.39 is 17.6 Å². The van der Waals surface area contributed by atoms with Gasteiger partial charge in [0.05, 0.1) is 24.5 Å². The van der Waals surface area contributed by atoms with Crippen molar-refractivity contribution in [2.24, 2.45) is 22.9 Å². The fraction of sp³-hybridized carbons (Fsp3) is 0.727. The first-order valence-corrected chi connectivity index (χ1v) is 11.1. The average molecular weight is 440 g/mol. The van der Waals surface area contributed by atoms with Gasteiger partial charge < -0.3 is 10.5 Å². The van der Waals surface area contributed by atoms with Crippen molar-refractivity contribution in [3.05, 3.63) is 23.4 Å². The number of nitrogen functional groups attached to an aromatic ring is 1. The Labute approximate surface area is 181 Å². The Morgan fingerprint density at radius 2 is 2.03 bits per heavy atom. The Morgan fingerprint density at radius 3 is 2.68 bits per heavy atom. The Bertz CT molecular complexity index is 822. The molecule has 2 heterocycles. The average Bonchev–Trinajstić information content (AvgIpc) is 3.20. The van der Waals surface area contributed by atoms with Crippen molar-refractivity contribution < 1.29 is 17.9 Å². The fourth-order valence-electron chi connectivity index (χ4n) is 5.33. The molecular weight excluding hydrogens is 407 g/mol. The Balaban J connectivity index is 1.46. The number of hydrogen-bond acceptors (Lipinski definition) is 6. The molecule has 3 fully saturated rings. The quantitative estimate of drug-likeness (QED) is 0.543. The number of hydrazone groups is 1. The van der Waals surface area contributed by atoms with E-state index in [0.717, 1.165) is 44.8 Å². The minimum Gasteiger partial charge on any atom is -0.383 e. The van der Waals surface area contributed by atoms with Crippen LogP contribution in [0.15, 0.2) is 17.4 Å². The van der Waals surface area contributed by atoms with E-state index in [9.17, 15) is 13.2 Å². The third kappa shape index (κ3) is 4.67. The van der Waals surface area contributed by atoms with Crippen molar-refractivity contribution in [2.45, 2.75) is 51.9 Å². The van der Waals surface area contributed by atoms with Gasteiger partial charge in [0.1, 0.15) is 5.82 Å². The van der Waals surface area contributed by atoms with Gasteiger partial charge >= 0.3 is 6.18 Å². The van der Waals surface area contributed by atoms with Gasteiger partial charge in [-0.25, -0.2) is 4.98 Å². The lowest BCUT2D eigenvalue weighted by molar-refractivity contribution is -0.137. The summed E-state index contributed by atoms with van der Waals surface area (Å²) in [5.41, 5.74) is 5.37. The first-order chi connectivity index (χ1) is 14.7. The molecule has 0 amide bonds. The summed E-state index contributed by atoms with van der Waals surface area (Å²) in [4.78, 5) is 6.33. The van der Waals surface area contributed by atoms with E-state index in [2.05, 4.69) is 23.7 Å². The van der Waals surface area contributed by atoms with Crippen LogP contribution >= 0.6 is 0 Å². The lowest BCUT2D eigenvalue weighted by Gasteiger charge is -2.34. The van der Waals surface area contributed by atoms with Crippen LogP contribution in [-0.2, 0) is 10.9 Å². The van der Waals surface area contributed by atoms with Gasteiger partial charge in [0.2, 0.25) is 0 Å². The molecule has 6 nitrogen and oxygen atoms in total. The van der Waals surface area contributed by atoms with E-state index in [4.69, 9.17) is 15.6 Å². The minimum atomic E-state index is -4.54. The van der Waals surface area contributed by atoms with Gasteiger partial charge in [-0.1, -0.05) is 0 Å². The van der Waals surface area contributed by atoms with Crippen LogP contribution in [0.1, 0.15) is 44.7 Å². The highest BCUT2D eigenvalue weighted by Crippen LogP contribution is 2.59. The molecule has 9 heteroatoms. The Morgan fingerprint density at radius 1 is 1.32 bits per heavy atom. The molecule has 0 spiro atoms. The largest absolute Gasteiger partial charge is 0.419 e. The summed E-state index contributed by atoms with van der Waals surface area (Å²) >= 11 is 0. The second kappa shape index (κ2) is 8.58. The molecule has 0 radical (unpaired) electrons. The number of alkyl halides is 3. The fourth-order valence-corrected chi connectivity index (χ4v) is 5.33. The summed E-state index contributed by atoms with van der Waals surface area (Å²) in [7, 11) is 0. The van der Waals surface area contributed by atoms with Crippen LogP contribution in [0.4, 0.5) is 19.0 Å². The maximum atomic E-state index is 13.2. The van der Waals surface area contributed by atoms with Crippen LogP contribution in [0, 0.1) is 17.8 Å². The van der Waals surface area contributed by atoms with Crippen molar-refractivity contribution in [2.75, 3.05) is 38.6 Å². The van der Waals surface area contributed by atoms with E-state index in [-0.39, 0.29) is 6.04 Å². The molecule has 4 rings (SSSR count). The van der Waals surface area contributed by atoms with Gasteiger partial charge in [-0.05, 0) is 57.4 Å². The first kappa shape index (κ1) is 22.3. The number of nitrogens with two attached hydrogens (primary N) is 1. The third-order valence-corrected chi connectivity index (χ3v) is 7.07. The molecule has 1 aliphatic heterocycles. The van der Waals surface area contributed by atoms with Crippen LogP contribution in [0.2, 0.25) is 0 Å². The highest BCUT2D eigenvalue weighted by Gasteiger charge is 2.59. The molecule has 1 aromatic heterocycles. The van der Waals surface area contributed by atoms with Crippen LogP contribution in [-0.4, -0.2) is 65.5 Å². The monoisotopic (exact) mass is 439 g/mol. The third-order valence-electron chi connectivity index (χ3n) is 7.07. The van der Waals surface area contributed by atoms with Gasteiger partial charge in [-0.15, -0.1) is 0 Å². The van der Waals surface area contributed by atoms with Gasteiger partial charge in [0.15, 0.2) is 0 Å². The number of nitrogens with zero attached hydrogens (tertiary/aromatic N) is 4. The Hall–Kier alpha value is -1.87. The lowest BCUT2D eigenvalue weighted by Crippen LogP contribution is -2.44. The normalized spacial score (nSPS) is 29.3. The molecule has 2 N–H and O–H groups in total. The molecule has 4 atom stereocenters. The van der Waals surface area contributed by atoms with Gasteiger partial charge in [0.25, 0.3) is 0 Å². The Kier molecular flexibility index (Phi) is 6.18. The molecular formula is C22H32F3N5O. The number of hydrogen-bond donors (Lipinski definition) is 1. The number of fused-ring (bicyclic) bond motifs is 1. The summed E-state index contributed by atoms with van der Waals surface area (Å²) < 4.78 is 45.1. The van der Waals surface area contributed by atoms with Crippen molar-refractivity contribution in [3.8, 4) is 0 Å². The zero-order valence-corrected chi connectivity index (χ0v) is 18.4. The van der Waals surface area contributed by atoms with Gasteiger partial charge in [-0.2, -0.15) is 18.3 Å². The zero-order valence-electron chi connectivity index (χ0n) is 18.4. The summed E-state index contributed by atoms with van der Waals surface area (Å²) in [6.07, 6.45) is -0.663. The molecule has 2 aliphatic carbocycles. The molecule has 31 heavy (non-hydrogen) atoms. The highest BCUT2D eigenvalue weighted by molar-refractivity contribution is 5.98. The summed E-state index contributed by atoms with van der Waals surface area (Å²) in [6.45, 7) is 10.3. The maximum absolute atomic E-state index is 13.2. The van der Waals surface area contributed by atoms with Gasteiger partial charge in [0, 0.05) is 43.5 Å². The second-order valence-corrected chi connectivity index (χ2v) is 9.25. The smallest absolute Gasteiger partial charge is 0.383 e. The van der Waals surface area contributed by atoms with E-state index in [1.54, 1.807) is 6.92 Å². The van der Waals surface area contributed by atoms with Crippen LogP contribution < -0.4 is 5.73 Å². The number of rotatable bonds is 6. The first-order valence-electron chi connectivity index (χ1n) is 11.1. The SMILES string of the molecule is C/C(=N\N(CC1[C@H]2[C@@H]1CC[C@H]2N1CCOCC1)C(C)C)c1cnc(N)c(C(F)(F)F)c1. The van der Waals surface area contributed by atoms with E-state index >= 15 is 0 Å². The van der Waals surface area contributed by atoms with Crippen LogP contribution in [0.5, 0.6) is 0 Å². The molecule has 1 aromatic rings. The summed E-state index contributed by atoms with van der Waals surface area (Å²) in [5, 5.41) is 6.74. The predicted molar refractivity (Wildman–Crippen MR) is 114 cm³/mol. The second-order valence-electron chi connectivity index (χ2n) is 9.25. The molecule has 3 aliphatic rings. The number of morpholine rings is 1. The number of ether oxygens (including phenoxy) is 1. The van der Waals surface area contributed by atoms with Crippen molar-refractivity contribution in [3.63, 3.8) is 0 Å². The van der Waals surface area contributed by atoms with Crippen molar-refractivity contribution in [1.82, 2.24) is 14.9 Å². The number of anilines is 1. The molecule has 0 bridgehead atoms. The number of pyridine rings is 1. The van der Waals surface area contributed by atoms with Crippen LogP contribution in [0.25, 0.3) is 0 Å². The number of aromatic nitrogens is 1. The van der Waals surface area contributed by atoms with Crippen molar-refractivity contribution >= 4 is 11.5 Å². The van der Waals surface area contributed by atoms with E-state index in [0.29, 0.717) is 29.2 Å². The minimum absolute atomic E-state index is 0.155. The summed E-state index contributed by atoms with van der Waals surface area (Å²) in [6, 6.07) is 1.83. The van der Waals surface area contributed by atoms with Crippen molar-refractivity contribution in [1.29, 1.82) is 0 Å². The molecule has 1 saturated heterocycles. The standard InChI is InChI=1S/C22H32F3N5O/c1-13(2)30(28-14(3)15-10-18(22(23,24)25)21(26)27-11-15)12-17-16-4-5-19(20(16)17)29-6-8-31-9-7-29/h10-11,13,16-17,19-20H,4-9,12H2,1-3H3,(H2,26,27)/b28-14+/t16-,17?,19-,20-/m1/s1. The van der Waals surface area contributed by atoms with E-state index in [1.165, 1.54) is 19.0 Å². The van der Waals surface area contributed by atoms with Gasteiger partial charge in [-0.3, -0.25) is 9.91 Å². The maximum Gasteiger partial charge on any atom is 0.419 e. The zero-order chi connectivity index (χ0) is 22.3. The molecule has 0 aromatic carbocycles.